The Morgan fingerprint density at radius 3 is 2.42 bits per heavy atom. The molecule has 2 atom stereocenters. The first-order valence-corrected chi connectivity index (χ1v) is 8.46. The summed E-state index contributed by atoms with van der Waals surface area (Å²) in [7, 11) is 0. The zero-order valence-electron chi connectivity index (χ0n) is 14.0. The van der Waals surface area contributed by atoms with Gasteiger partial charge in [0.15, 0.2) is 0 Å². The molecule has 0 saturated carbocycles. The van der Waals surface area contributed by atoms with Gasteiger partial charge in [-0.15, -0.1) is 0 Å². The van der Waals surface area contributed by atoms with Crippen molar-refractivity contribution in [3.63, 3.8) is 0 Å². The number of ether oxygens (including phenoxy) is 1. The summed E-state index contributed by atoms with van der Waals surface area (Å²) < 4.78 is 19.4. The van der Waals surface area contributed by atoms with Gasteiger partial charge in [-0.2, -0.15) is 0 Å². The second kappa shape index (κ2) is 5.26. The molecule has 3 aromatic carbocycles. The van der Waals surface area contributed by atoms with E-state index in [1.54, 1.807) is 24.3 Å². The lowest BCUT2D eigenvalue weighted by molar-refractivity contribution is 0.0696. The highest BCUT2D eigenvalue weighted by molar-refractivity contribution is 5.88. The quantitative estimate of drug-likeness (QED) is 0.708. The van der Waals surface area contributed by atoms with E-state index in [2.05, 4.69) is 19.1 Å². The fourth-order valence-electron chi connectivity index (χ4n) is 4.13. The van der Waals surface area contributed by atoms with Gasteiger partial charge in [-0.1, -0.05) is 24.3 Å². The molecule has 2 heterocycles. The standard InChI is InChI=1S/C22H15FO3/c1-11-8-14(12-2-5-15(23)6-3-12)10-18-19(11)21-16-7-4-13(22(24)25)9-17(16)20(18)26-21/h2-10,20-21H,1H3,(H,24,25). The molecular formula is C22H15FO3. The summed E-state index contributed by atoms with van der Waals surface area (Å²) in [5.41, 5.74) is 7.56. The fourth-order valence-corrected chi connectivity index (χ4v) is 4.13. The van der Waals surface area contributed by atoms with E-state index in [1.165, 1.54) is 12.1 Å². The van der Waals surface area contributed by atoms with Crippen molar-refractivity contribution < 1.29 is 19.0 Å². The van der Waals surface area contributed by atoms with Crippen LogP contribution in [0.25, 0.3) is 11.1 Å². The second-order valence-electron chi connectivity index (χ2n) is 6.85. The van der Waals surface area contributed by atoms with Crippen molar-refractivity contribution in [1.29, 1.82) is 0 Å². The van der Waals surface area contributed by atoms with Gasteiger partial charge in [0, 0.05) is 0 Å². The molecule has 2 unspecified atom stereocenters. The maximum atomic E-state index is 13.2. The largest absolute Gasteiger partial charge is 0.478 e. The minimum Gasteiger partial charge on any atom is -0.478 e. The zero-order chi connectivity index (χ0) is 18.0. The predicted molar refractivity (Wildman–Crippen MR) is 94.7 cm³/mol. The highest BCUT2D eigenvalue weighted by Gasteiger charge is 2.44. The zero-order valence-corrected chi connectivity index (χ0v) is 14.0. The van der Waals surface area contributed by atoms with Crippen molar-refractivity contribution in [2.75, 3.05) is 0 Å². The van der Waals surface area contributed by atoms with Crippen molar-refractivity contribution in [3.8, 4) is 11.1 Å². The monoisotopic (exact) mass is 346 g/mol. The lowest BCUT2D eigenvalue weighted by Gasteiger charge is -2.19. The number of halogens is 1. The summed E-state index contributed by atoms with van der Waals surface area (Å²) in [6.07, 6.45) is -0.390. The number of aromatic carboxylic acids is 1. The van der Waals surface area contributed by atoms with Crippen LogP contribution in [0.4, 0.5) is 4.39 Å². The van der Waals surface area contributed by atoms with Crippen LogP contribution in [-0.2, 0) is 4.74 Å². The number of carbonyl (C=O) groups is 1. The summed E-state index contributed by atoms with van der Waals surface area (Å²) in [6.45, 7) is 2.06. The molecule has 1 N–H and O–H groups in total. The Bertz CT molecular complexity index is 1070. The molecule has 2 aliphatic heterocycles. The highest BCUT2D eigenvalue weighted by Crippen LogP contribution is 2.55. The third kappa shape index (κ3) is 2.06. The third-order valence-corrected chi connectivity index (χ3v) is 5.31. The maximum Gasteiger partial charge on any atom is 0.335 e. The minimum atomic E-state index is -0.938. The maximum absolute atomic E-state index is 13.2. The minimum absolute atomic E-state index is 0.143. The van der Waals surface area contributed by atoms with Crippen LogP contribution in [0.3, 0.4) is 0 Å². The van der Waals surface area contributed by atoms with Crippen molar-refractivity contribution in [2.24, 2.45) is 0 Å². The van der Waals surface area contributed by atoms with Crippen molar-refractivity contribution in [1.82, 2.24) is 0 Å². The molecule has 0 saturated heterocycles. The molecule has 26 heavy (non-hydrogen) atoms. The number of hydrogen-bond donors (Lipinski definition) is 1. The van der Waals surface area contributed by atoms with E-state index in [0.717, 1.165) is 38.9 Å². The van der Waals surface area contributed by atoms with E-state index in [4.69, 9.17) is 4.74 Å². The van der Waals surface area contributed by atoms with Crippen molar-refractivity contribution >= 4 is 5.97 Å². The molecule has 128 valence electrons. The number of rotatable bonds is 2. The van der Waals surface area contributed by atoms with Gasteiger partial charge in [-0.3, -0.25) is 0 Å². The lowest BCUT2D eigenvalue weighted by atomic mass is 9.81. The van der Waals surface area contributed by atoms with Gasteiger partial charge in [0.2, 0.25) is 0 Å². The van der Waals surface area contributed by atoms with E-state index < -0.39 is 5.97 Å². The Morgan fingerprint density at radius 1 is 0.923 bits per heavy atom. The molecule has 0 fully saturated rings. The van der Waals surface area contributed by atoms with Crippen LogP contribution in [-0.4, -0.2) is 11.1 Å². The molecular weight excluding hydrogens is 331 g/mol. The smallest absolute Gasteiger partial charge is 0.335 e. The summed E-state index contributed by atoms with van der Waals surface area (Å²) in [5.74, 6) is -1.20. The lowest BCUT2D eigenvalue weighted by Crippen LogP contribution is -2.07. The van der Waals surface area contributed by atoms with Gasteiger partial charge in [-0.05, 0) is 76.2 Å². The van der Waals surface area contributed by atoms with Crippen LogP contribution in [0.2, 0.25) is 0 Å². The summed E-state index contributed by atoms with van der Waals surface area (Å²) in [4.78, 5) is 11.3. The molecule has 2 bridgehead atoms. The number of aryl methyl sites for hydroxylation is 1. The number of carboxylic acid groups (broad SMARTS) is 1. The molecule has 3 nitrogen and oxygen atoms in total. The second-order valence-corrected chi connectivity index (χ2v) is 6.85. The Kier molecular flexibility index (Phi) is 3.09. The predicted octanol–water partition coefficient (Wildman–Crippen LogP) is 5.02. The van der Waals surface area contributed by atoms with Gasteiger partial charge >= 0.3 is 5.97 Å². The summed E-state index contributed by atoms with van der Waals surface area (Å²) >= 11 is 0. The van der Waals surface area contributed by atoms with Gasteiger partial charge in [0.1, 0.15) is 18.0 Å². The number of carboxylic acids is 1. The number of fused-ring (bicyclic) bond motifs is 8. The highest BCUT2D eigenvalue weighted by atomic mass is 19.1. The van der Waals surface area contributed by atoms with Crippen LogP contribution in [0.15, 0.2) is 54.6 Å². The molecule has 0 amide bonds. The third-order valence-electron chi connectivity index (χ3n) is 5.31. The molecule has 4 heteroatoms. The first kappa shape index (κ1) is 15.3. The molecule has 3 aromatic rings. The molecule has 5 rings (SSSR count). The van der Waals surface area contributed by atoms with E-state index >= 15 is 0 Å². The van der Waals surface area contributed by atoms with E-state index in [0.29, 0.717) is 0 Å². The van der Waals surface area contributed by atoms with E-state index in [-0.39, 0.29) is 23.6 Å². The number of hydrogen-bond acceptors (Lipinski definition) is 2. The molecule has 0 radical (unpaired) electrons. The average molecular weight is 346 g/mol. The molecule has 0 aliphatic carbocycles. The topological polar surface area (TPSA) is 46.5 Å². The van der Waals surface area contributed by atoms with Gasteiger partial charge in [-0.25, -0.2) is 9.18 Å². The van der Waals surface area contributed by atoms with Crippen LogP contribution < -0.4 is 0 Å². The van der Waals surface area contributed by atoms with Crippen LogP contribution in [0.1, 0.15) is 50.4 Å². The van der Waals surface area contributed by atoms with Crippen molar-refractivity contribution in [3.05, 3.63) is 93.8 Å². The average Bonchev–Trinajstić information content (AvgIpc) is 3.19. The first-order chi connectivity index (χ1) is 12.5. The Labute approximate surface area is 149 Å². The van der Waals surface area contributed by atoms with Crippen LogP contribution in [0.5, 0.6) is 0 Å². The first-order valence-electron chi connectivity index (χ1n) is 8.46. The molecule has 2 aliphatic rings. The van der Waals surface area contributed by atoms with Gasteiger partial charge in [0.05, 0.1) is 5.56 Å². The molecule has 0 aromatic heterocycles. The van der Waals surface area contributed by atoms with Gasteiger partial charge in [0.25, 0.3) is 0 Å². The van der Waals surface area contributed by atoms with E-state index in [1.807, 2.05) is 6.07 Å². The Hall–Kier alpha value is -2.98. The normalized spacial score (nSPS) is 19.3. The van der Waals surface area contributed by atoms with Gasteiger partial charge < -0.3 is 9.84 Å². The van der Waals surface area contributed by atoms with E-state index in [9.17, 15) is 14.3 Å². The van der Waals surface area contributed by atoms with Crippen LogP contribution in [0, 0.1) is 12.7 Å². The Morgan fingerprint density at radius 2 is 1.69 bits per heavy atom. The van der Waals surface area contributed by atoms with Crippen LogP contribution >= 0.6 is 0 Å². The molecule has 0 spiro atoms. The number of benzene rings is 3. The SMILES string of the molecule is Cc1cc(-c2ccc(F)cc2)cc2c1C1OC2c2cc(C(=O)O)ccc21. The Balaban J connectivity index is 1.65. The van der Waals surface area contributed by atoms with Crippen molar-refractivity contribution in [2.45, 2.75) is 19.1 Å². The summed E-state index contributed by atoms with van der Waals surface area (Å²) in [5, 5.41) is 9.27. The fraction of sp³-hybridized carbons (Fsp3) is 0.136. The summed E-state index contributed by atoms with van der Waals surface area (Å²) in [6, 6.07) is 15.8.